The molecule has 4 aliphatic rings. The van der Waals surface area contributed by atoms with Gasteiger partial charge in [-0.3, -0.25) is 9.80 Å². The number of nitrogens with zero attached hydrogens (tertiary/aromatic N) is 6. The van der Waals surface area contributed by atoms with Crippen LogP contribution in [0.15, 0.2) is 60.9 Å². The molecule has 43 heavy (non-hydrogen) atoms. The van der Waals surface area contributed by atoms with Gasteiger partial charge >= 0.3 is 0 Å². The normalized spacial score (nSPS) is 21.8. The van der Waals surface area contributed by atoms with Crippen molar-refractivity contribution in [1.82, 2.24) is 34.9 Å². The highest BCUT2D eigenvalue weighted by Gasteiger charge is 2.44. The van der Waals surface area contributed by atoms with Gasteiger partial charge in [0.15, 0.2) is 5.65 Å². The summed E-state index contributed by atoms with van der Waals surface area (Å²) in [7, 11) is 0. The number of halogens is 1. The van der Waals surface area contributed by atoms with Crippen molar-refractivity contribution >= 4 is 29.3 Å². The standard InChI is InChI=1S/C33H40N8O.ClH/c34-31-29-30(23-6-8-28(9-7-23)42-27-4-2-1-3-5-27)38-41(32(29)37-22-36-31)25-12-16-39(17-13-25)26-18-40(19-26)24-10-14-33(15-11-24)20-35-21-33;/h1-9,22,24-26,35H,10-21H2,(H2,34,36,37);1H. The van der Waals surface area contributed by atoms with Crippen LogP contribution in [0.4, 0.5) is 5.82 Å². The summed E-state index contributed by atoms with van der Waals surface area (Å²) in [5.41, 5.74) is 9.70. The van der Waals surface area contributed by atoms with E-state index in [-0.39, 0.29) is 12.4 Å². The van der Waals surface area contributed by atoms with Crippen LogP contribution in [0.2, 0.25) is 0 Å². The Hall–Kier alpha value is -3.24. The van der Waals surface area contributed by atoms with Crippen LogP contribution in [-0.4, -0.2) is 80.9 Å². The highest BCUT2D eigenvalue weighted by atomic mass is 35.5. The number of aromatic nitrogens is 4. The molecule has 2 aromatic heterocycles. The number of para-hydroxylation sites is 1. The third kappa shape index (κ3) is 5.37. The Morgan fingerprint density at radius 3 is 2.16 bits per heavy atom. The van der Waals surface area contributed by atoms with E-state index < -0.39 is 0 Å². The topological polar surface area (TPSA) is 97.4 Å². The lowest BCUT2D eigenvalue weighted by molar-refractivity contribution is -0.0359. The minimum absolute atomic E-state index is 0. The van der Waals surface area contributed by atoms with E-state index >= 15 is 0 Å². The third-order valence-corrected chi connectivity index (χ3v) is 10.4. The van der Waals surface area contributed by atoms with Crippen molar-refractivity contribution in [1.29, 1.82) is 0 Å². The molecule has 4 aromatic rings. The number of piperidine rings is 1. The molecule has 2 aromatic carbocycles. The Labute approximate surface area is 259 Å². The monoisotopic (exact) mass is 600 g/mol. The number of likely N-dealkylation sites (tertiary alicyclic amines) is 2. The summed E-state index contributed by atoms with van der Waals surface area (Å²) >= 11 is 0. The maximum atomic E-state index is 6.41. The number of hydrogen-bond acceptors (Lipinski definition) is 8. The lowest BCUT2D eigenvalue weighted by Gasteiger charge is -2.54. The lowest BCUT2D eigenvalue weighted by atomic mass is 9.68. The fourth-order valence-corrected chi connectivity index (χ4v) is 7.68. The van der Waals surface area contributed by atoms with Crippen LogP contribution in [0, 0.1) is 5.41 Å². The molecule has 0 unspecified atom stereocenters. The Bertz CT molecular complexity index is 1530. The zero-order valence-electron chi connectivity index (χ0n) is 24.6. The number of nitrogens with one attached hydrogen (secondary N) is 1. The van der Waals surface area contributed by atoms with Crippen molar-refractivity contribution in [2.75, 3.05) is 45.0 Å². The molecule has 0 bridgehead atoms. The minimum atomic E-state index is 0. The second-order valence-corrected chi connectivity index (χ2v) is 12.9. The maximum absolute atomic E-state index is 6.41. The highest BCUT2D eigenvalue weighted by Crippen LogP contribution is 2.42. The molecule has 0 amide bonds. The number of anilines is 1. The fraction of sp³-hybridized carbons (Fsp3) is 0.485. The van der Waals surface area contributed by atoms with Gasteiger partial charge in [0.2, 0.25) is 0 Å². The molecule has 10 heteroatoms. The van der Waals surface area contributed by atoms with Crippen LogP contribution in [0.5, 0.6) is 11.5 Å². The van der Waals surface area contributed by atoms with Gasteiger partial charge in [-0.1, -0.05) is 18.2 Å². The van der Waals surface area contributed by atoms with Crippen molar-refractivity contribution in [2.45, 2.75) is 56.7 Å². The Morgan fingerprint density at radius 1 is 0.791 bits per heavy atom. The van der Waals surface area contributed by atoms with E-state index in [1.54, 1.807) is 6.33 Å². The first-order valence-electron chi connectivity index (χ1n) is 15.7. The molecule has 1 spiro atoms. The molecule has 226 valence electrons. The molecule has 9 nitrogen and oxygen atoms in total. The first kappa shape index (κ1) is 28.5. The van der Waals surface area contributed by atoms with E-state index in [0.717, 1.165) is 65.8 Å². The molecule has 1 aliphatic carbocycles. The van der Waals surface area contributed by atoms with Crippen molar-refractivity contribution in [3.63, 3.8) is 0 Å². The van der Waals surface area contributed by atoms with Crippen LogP contribution < -0.4 is 15.8 Å². The fourth-order valence-electron chi connectivity index (χ4n) is 7.68. The minimum Gasteiger partial charge on any atom is -0.457 e. The molecule has 0 atom stereocenters. The molecule has 3 aliphatic heterocycles. The second-order valence-electron chi connectivity index (χ2n) is 12.9. The van der Waals surface area contributed by atoms with Gasteiger partial charge in [0, 0.05) is 56.9 Å². The lowest BCUT2D eigenvalue weighted by Crippen LogP contribution is -2.64. The quantitative estimate of drug-likeness (QED) is 0.314. The maximum Gasteiger partial charge on any atom is 0.164 e. The number of nitrogen functional groups attached to an aromatic ring is 1. The summed E-state index contributed by atoms with van der Waals surface area (Å²) < 4.78 is 8.12. The summed E-state index contributed by atoms with van der Waals surface area (Å²) in [6.45, 7) is 7.18. The smallest absolute Gasteiger partial charge is 0.164 e. The van der Waals surface area contributed by atoms with Crippen LogP contribution in [0.1, 0.15) is 44.6 Å². The number of ether oxygens (including phenoxy) is 1. The number of nitrogens with two attached hydrogens (primary N) is 1. The first-order valence-corrected chi connectivity index (χ1v) is 15.7. The Kier molecular flexibility index (Phi) is 7.75. The van der Waals surface area contributed by atoms with E-state index in [4.69, 9.17) is 15.6 Å². The summed E-state index contributed by atoms with van der Waals surface area (Å²) in [6, 6.07) is 19.7. The van der Waals surface area contributed by atoms with Crippen LogP contribution >= 0.6 is 12.4 Å². The van der Waals surface area contributed by atoms with Gasteiger partial charge in [0.05, 0.1) is 11.4 Å². The SMILES string of the molecule is Cl.Nc1ncnc2c1c(-c1ccc(Oc3ccccc3)cc1)nn2C1CCN(C2CN(C3CCC4(CC3)CNC4)C2)CC1. The molecule has 8 rings (SSSR count). The highest BCUT2D eigenvalue weighted by molar-refractivity contribution is 5.98. The predicted octanol–water partition coefficient (Wildman–Crippen LogP) is 5.14. The summed E-state index contributed by atoms with van der Waals surface area (Å²) in [6.07, 6.45) is 9.30. The Balaban J connectivity index is 0.00000300. The summed E-state index contributed by atoms with van der Waals surface area (Å²) in [5, 5.41) is 9.45. The van der Waals surface area contributed by atoms with E-state index in [9.17, 15) is 0 Å². The summed E-state index contributed by atoms with van der Waals surface area (Å²) in [5.74, 6) is 2.06. The molecular formula is C33H41ClN8O. The Morgan fingerprint density at radius 2 is 1.49 bits per heavy atom. The van der Waals surface area contributed by atoms with Gasteiger partial charge in [0.1, 0.15) is 29.3 Å². The molecule has 3 N–H and O–H groups in total. The van der Waals surface area contributed by atoms with E-state index in [1.807, 2.05) is 54.6 Å². The number of hydrogen-bond donors (Lipinski definition) is 2. The van der Waals surface area contributed by atoms with Crippen LogP contribution in [-0.2, 0) is 0 Å². The zero-order valence-corrected chi connectivity index (χ0v) is 25.4. The van der Waals surface area contributed by atoms with E-state index in [1.165, 1.54) is 51.9 Å². The average molecular weight is 601 g/mol. The molecule has 5 heterocycles. The molecule has 3 saturated heterocycles. The number of rotatable bonds is 6. The largest absolute Gasteiger partial charge is 0.457 e. The van der Waals surface area contributed by atoms with E-state index in [2.05, 4.69) is 29.8 Å². The van der Waals surface area contributed by atoms with E-state index in [0.29, 0.717) is 23.3 Å². The van der Waals surface area contributed by atoms with Gasteiger partial charge in [-0.15, -0.1) is 12.4 Å². The van der Waals surface area contributed by atoms with Gasteiger partial charge in [-0.25, -0.2) is 14.6 Å². The average Bonchev–Trinajstić information content (AvgIpc) is 3.38. The van der Waals surface area contributed by atoms with Crippen LogP contribution in [0.3, 0.4) is 0 Å². The van der Waals surface area contributed by atoms with Crippen molar-refractivity contribution in [3.8, 4) is 22.8 Å². The molecule has 1 saturated carbocycles. The second kappa shape index (κ2) is 11.7. The number of benzene rings is 2. The molecule has 0 radical (unpaired) electrons. The van der Waals surface area contributed by atoms with Crippen molar-refractivity contribution in [2.24, 2.45) is 5.41 Å². The predicted molar refractivity (Wildman–Crippen MR) is 172 cm³/mol. The third-order valence-electron chi connectivity index (χ3n) is 10.4. The van der Waals surface area contributed by atoms with Crippen molar-refractivity contribution in [3.05, 3.63) is 60.9 Å². The zero-order chi connectivity index (χ0) is 28.1. The van der Waals surface area contributed by atoms with Crippen LogP contribution in [0.25, 0.3) is 22.3 Å². The first-order chi connectivity index (χ1) is 20.6. The van der Waals surface area contributed by atoms with Gasteiger partial charge in [-0.05, 0) is 80.3 Å². The summed E-state index contributed by atoms with van der Waals surface area (Å²) in [4.78, 5) is 14.5. The number of fused-ring (bicyclic) bond motifs is 1. The molecule has 4 fully saturated rings. The van der Waals surface area contributed by atoms with Gasteiger partial charge in [0.25, 0.3) is 0 Å². The molecular weight excluding hydrogens is 560 g/mol. The van der Waals surface area contributed by atoms with Gasteiger partial charge in [-0.2, -0.15) is 5.10 Å². The van der Waals surface area contributed by atoms with Crippen molar-refractivity contribution < 1.29 is 4.74 Å². The van der Waals surface area contributed by atoms with Gasteiger partial charge < -0.3 is 15.8 Å².